The maximum Gasteiger partial charge on any atom is 0.133 e. The quantitative estimate of drug-likeness (QED) is 0.0805. The van der Waals surface area contributed by atoms with Crippen LogP contribution in [-0.4, -0.2) is 31.5 Å². The molecule has 0 atom stereocenters. The van der Waals surface area contributed by atoms with Gasteiger partial charge in [0.15, 0.2) is 0 Å². The molecule has 0 aromatic heterocycles. The van der Waals surface area contributed by atoms with Crippen LogP contribution in [0, 0.1) is 0 Å². The third-order valence-electron chi connectivity index (χ3n) is 7.88. The molecule has 0 saturated carbocycles. The first-order chi connectivity index (χ1) is 18.3. The summed E-state index contributed by atoms with van der Waals surface area (Å²) in [6.07, 6.45) is 13.3. The van der Waals surface area contributed by atoms with Gasteiger partial charge in [0.05, 0.1) is 24.1 Å². The Bertz CT molecular complexity index is 1270. The summed E-state index contributed by atoms with van der Waals surface area (Å²) < 4.78 is 4.94. The van der Waals surface area contributed by atoms with Gasteiger partial charge in [-0.15, -0.1) is 0 Å². The van der Waals surface area contributed by atoms with Gasteiger partial charge in [-0.25, -0.2) is 0 Å². The number of hydrogen-bond acceptors (Lipinski definition) is 3. The highest BCUT2D eigenvalue weighted by Gasteiger charge is 2.38. The fourth-order valence-electron chi connectivity index (χ4n) is 5.50. The molecule has 4 aromatic carbocycles. The smallest absolute Gasteiger partial charge is 0.133 e. The zero-order chi connectivity index (χ0) is 27.5. The fourth-order valence-corrected chi connectivity index (χ4v) is 10.6. The van der Waals surface area contributed by atoms with E-state index in [1.807, 2.05) is 36.4 Å². The van der Waals surface area contributed by atoms with Crippen molar-refractivity contribution < 1.29 is 14.7 Å². The van der Waals surface area contributed by atoms with Gasteiger partial charge in [0.1, 0.15) is 13.1 Å². The number of rotatable bonds is 12. The van der Waals surface area contributed by atoms with Crippen LogP contribution >= 0.6 is 7.26 Å². The molecule has 0 unspecified atom stereocenters. The van der Waals surface area contributed by atoms with Gasteiger partial charge in [-0.3, -0.25) is 0 Å². The lowest BCUT2D eigenvalue weighted by Crippen LogP contribution is -2.50. The Morgan fingerprint density at radius 3 is 1.74 bits per heavy atom. The zero-order valence-electron chi connectivity index (χ0n) is 24.0. The Labute approximate surface area is 231 Å². The van der Waals surface area contributed by atoms with E-state index in [0.717, 1.165) is 38.0 Å². The molecule has 0 aliphatic carbocycles. The van der Waals surface area contributed by atoms with E-state index in [2.05, 4.69) is 52.8 Å². The molecular formula is C33H45BO3P-. The van der Waals surface area contributed by atoms with Crippen LogP contribution in [0.1, 0.15) is 73.1 Å². The summed E-state index contributed by atoms with van der Waals surface area (Å²) in [5, 5.41) is 27.9. The molecule has 4 aromatic rings. The van der Waals surface area contributed by atoms with Crippen molar-refractivity contribution >= 4 is 46.9 Å². The molecule has 5 heteroatoms. The Morgan fingerprint density at radius 1 is 0.684 bits per heavy atom. The second kappa shape index (κ2) is 14.9. The van der Waals surface area contributed by atoms with E-state index >= 15 is 0 Å². The fraction of sp³-hybridized carbons (Fsp3) is 0.455. The van der Waals surface area contributed by atoms with Crippen LogP contribution in [0.25, 0.3) is 32.3 Å². The highest BCUT2D eigenvalue weighted by Crippen LogP contribution is 2.64. The molecule has 0 bridgehead atoms. The third-order valence-corrected chi connectivity index (χ3v) is 13.7. The Balaban J connectivity index is 0.000000224. The first-order valence-corrected chi connectivity index (χ1v) is 16.9. The minimum absolute atomic E-state index is 0.341. The lowest BCUT2D eigenvalue weighted by Gasteiger charge is -2.31. The van der Waals surface area contributed by atoms with Crippen LogP contribution in [0.2, 0.25) is 0 Å². The van der Waals surface area contributed by atoms with Crippen LogP contribution in [0.4, 0.5) is 0 Å². The van der Waals surface area contributed by atoms with Crippen molar-refractivity contribution in [1.29, 1.82) is 0 Å². The van der Waals surface area contributed by atoms with Gasteiger partial charge < -0.3 is 14.7 Å². The van der Waals surface area contributed by atoms with Gasteiger partial charge >= 0.3 is 0 Å². The average Bonchev–Trinajstić information content (AvgIpc) is 2.91. The van der Waals surface area contributed by atoms with Crippen molar-refractivity contribution in [2.75, 3.05) is 18.5 Å². The summed E-state index contributed by atoms with van der Waals surface area (Å²) in [5.41, 5.74) is 0.970. The summed E-state index contributed by atoms with van der Waals surface area (Å²) in [6.45, 7) is 12.0. The molecule has 0 fully saturated rings. The van der Waals surface area contributed by atoms with Gasteiger partial charge in [0, 0.05) is 12.6 Å². The number of unbranched alkanes of at least 4 members (excludes halogenated alkanes) is 3. The molecule has 0 saturated heterocycles. The Kier molecular flexibility index (Phi) is 11.9. The lowest BCUT2D eigenvalue weighted by atomic mass is 9.97. The van der Waals surface area contributed by atoms with Gasteiger partial charge in [-0.05, 0) is 78.2 Å². The SMILES string of the molecule is CCCC[P+](CCCC)(CCCC)C(C)C.[O-]B([O-])Oc1cccc2ccc3cc4ccccc4cc3c12. The zero-order valence-corrected chi connectivity index (χ0v) is 24.9. The molecular weight excluding hydrogens is 486 g/mol. The van der Waals surface area contributed by atoms with Crippen molar-refractivity contribution in [2.24, 2.45) is 0 Å². The second-order valence-corrected chi connectivity index (χ2v) is 15.6. The van der Waals surface area contributed by atoms with E-state index < -0.39 is 14.6 Å². The van der Waals surface area contributed by atoms with Gasteiger partial charge in [0.25, 0.3) is 0 Å². The molecule has 38 heavy (non-hydrogen) atoms. The van der Waals surface area contributed by atoms with Crippen LogP contribution in [0.3, 0.4) is 0 Å². The molecule has 0 amide bonds. The van der Waals surface area contributed by atoms with E-state index in [0.29, 0.717) is 5.75 Å². The van der Waals surface area contributed by atoms with Gasteiger partial charge in [-0.2, -0.15) is 0 Å². The normalized spacial score (nSPS) is 11.7. The van der Waals surface area contributed by atoms with Crippen LogP contribution in [-0.2, 0) is 0 Å². The summed E-state index contributed by atoms with van der Waals surface area (Å²) in [7, 11) is -2.95. The van der Waals surface area contributed by atoms with Crippen molar-refractivity contribution in [2.45, 2.75) is 78.8 Å². The Hall–Kier alpha value is -2.13. The van der Waals surface area contributed by atoms with Crippen LogP contribution in [0.15, 0.2) is 66.7 Å². The average molecular weight is 532 g/mol. The Morgan fingerprint density at radius 2 is 1.21 bits per heavy atom. The van der Waals surface area contributed by atoms with Crippen molar-refractivity contribution in [3.8, 4) is 5.75 Å². The third kappa shape index (κ3) is 7.72. The molecule has 204 valence electrons. The van der Waals surface area contributed by atoms with Gasteiger partial charge in [-0.1, -0.05) is 88.6 Å². The van der Waals surface area contributed by atoms with E-state index in [1.165, 1.54) is 38.5 Å². The minimum Gasteiger partial charge on any atom is -0.860 e. The first-order valence-electron chi connectivity index (χ1n) is 14.5. The largest absolute Gasteiger partial charge is 0.860 e. The van der Waals surface area contributed by atoms with E-state index in [1.54, 1.807) is 30.6 Å². The highest BCUT2D eigenvalue weighted by molar-refractivity contribution is 7.76. The van der Waals surface area contributed by atoms with Crippen LogP contribution < -0.4 is 14.7 Å². The topological polar surface area (TPSA) is 55.3 Å². The van der Waals surface area contributed by atoms with Gasteiger partial charge in [0.2, 0.25) is 0 Å². The molecule has 0 radical (unpaired) electrons. The minimum atomic E-state index is -2.33. The number of benzene rings is 4. The predicted octanol–water partition coefficient (Wildman–Crippen LogP) is 8.04. The maximum absolute atomic E-state index is 10.9. The summed E-state index contributed by atoms with van der Waals surface area (Å²) in [6, 6.07) is 21.7. The monoisotopic (exact) mass is 531 g/mol. The second-order valence-electron chi connectivity index (χ2n) is 10.8. The van der Waals surface area contributed by atoms with E-state index in [4.69, 9.17) is 4.65 Å². The van der Waals surface area contributed by atoms with E-state index in [9.17, 15) is 10.0 Å². The predicted molar refractivity (Wildman–Crippen MR) is 167 cm³/mol. The van der Waals surface area contributed by atoms with Crippen LogP contribution in [0.5, 0.6) is 5.75 Å². The molecule has 4 rings (SSSR count). The molecule has 0 aliphatic rings. The first kappa shape index (κ1) is 30.4. The summed E-state index contributed by atoms with van der Waals surface area (Å²) >= 11 is 0. The van der Waals surface area contributed by atoms with E-state index in [-0.39, 0.29) is 0 Å². The number of fused-ring (bicyclic) bond motifs is 4. The lowest BCUT2D eigenvalue weighted by molar-refractivity contribution is -0.372. The van der Waals surface area contributed by atoms with Crippen molar-refractivity contribution in [1.82, 2.24) is 0 Å². The molecule has 3 nitrogen and oxygen atoms in total. The maximum atomic E-state index is 10.9. The molecule has 0 heterocycles. The summed E-state index contributed by atoms with van der Waals surface area (Å²) in [4.78, 5) is 0. The standard InChI is InChI=1S/C18H11BO3.C15H34P/c20-19(21)22-17-7-3-6-12-8-9-15-10-13-4-1-2-5-14(13)11-16(15)18(12)17;1-6-9-12-16(15(4)5,13-10-7-2)14-11-8-3/h1-11H;15H,6-14H2,1-5H3/q-2;+1. The number of hydrogen-bond donors (Lipinski definition) is 0. The summed E-state index contributed by atoms with van der Waals surface area (Å²) in [5.74, 6) is 0.341. The van der Waals surface area contributed by atoms with Crippen molar-refractivity contribution in [3.05, 3.63) is 66.7 Å². The highest BCUT2D eigenvalue weighted by atomic mass is 31.2. The molecule has 0 spiro atoms. The van der Waals surface area contributed by atoms with Crippen molar-refractivity contribution in [3.63, 3.8) is 0 Å². The molecule has 0 aliphatic heterocycles. The molecule has 0 N–H and O–H groups in total.